The van der Waals surface area contributed by atoms with E-state index >= 15 is 0 Å². The van der Waals surface area contributed by atoms with Gasteiger partial charge in [0, 0.05) is 37.4 Å². The van der Waals surface area contributed by atoms with Crippen LogP contribution in [0.3, 0.4) is 0 Å². The molecule has 4 heteroatoms. The van der Waals surface area contributed by atoms with E-state index in [0.29, 0.717) is 0 Å². The maximum absolute atomic E-state index is 3.40. The molecule has 0 bridgehead atoms. The Labute approximate surface area is 133 Å². The maximum Gasteiger partial charge on any atom is 0.0446 e. The van der Waals surface area contributed by atoms with Crippen LogP contribution in [0.2, 0.25) is 0 Å². The van der Waals surface area contributed by atoms with Crippen molar-refractivity contribution in [3.8, 4) is 11.1 Å². The Kier molecular flexibility index (Phi) is 6.86. The van der Waals surface area contributed by atoms with Crippen LogP contribution in [0.25, 0.3) is 11.1 Å². The van der Waals surface area contributed by atoms with E-state index in [-0.39, 0.29) is 24.8 Å². The molecule has 0 spiro atoms. The number of hydrogen-bond donors (Lipinski definition) is 1. The smallest absolute Gasteiger partial charge is 0.0446 e. The molecule has 3 rings (SSSR count). The van der Waals surface area contributed by atoms with Crippen molar-refractivity contribution in [1.29, 1.82) is 0 Å². The first-order valence-electron chi connectivity index (χ1n) is 6.55. The molecule has 2 nitrogen and oxygen atoms in total. The van der Waals surface area contributed by atoms with Crippen molar-refractivity contribution in [3.05, 3.63) is 54.6 Å². The highest BCUT2D eigenvalue weighted by Gasteiger charge is 2.14. The van der Waals surface area contributed by atoms with Crippen LogP contribution in [0.15, 0.2) is 54.6 Å². The van der Waals surface area contributed by atoms with E-state index in [2.05, 4.69) is 64.8 Å². The molecule has 1 aliphatic rings. The third-order valence-electron chi connectivity index (χ3n) is 3.45. The summed E-state index contributed by atoms with van der Waals surface area (Å²) in [6.45, 7) is 4.32. The monoisotopic (exact) mass is 310 g/mol. The lowest BCUT2D eigenvalue weighted by Gasteiger charge is -2.31. The summed E-state index contributed by atoms with van der Waals surface area (Å²) in [5.41, 5.74) is 3.98. The lowest BCUT2D eigenvalue weighted by molar-refractivity contribution is 0.589. The summed E-state index contributed by atoms with van der Waals surface area (Å²) in [6.07, 6.45) is 0. The lowest BCUT2D eigenvalue weighted by atomic mass is 10.0. The summed E-state index contributed by atoms with van der Waals surface area (Å²) in [4.78, 5) is 2.47. The fraction of sp³-hybridized carbons (Fsp3) is 0.250. The Bertz CT molecular complexity index is 511. The Morgan fingerprint density at radius 1 is 0.750 bits per heavy atom. The van der Waals surface area contributed by atoms with Crippen LogP contribution in [0, 0.1) is 0 Å². The molecule has 0 saturated carbocycles. The SMILES string of the molecule is Cl.Cl.c1ccc(-c2ccccc2N2CCNCC2)cc1. The van der Waals surface area contributed by atoms with Crippen LogP contribution in [-0.2, 0) is 0 Å². The Morgan fingerprint density at radius 3 is 2.05 bits per heavy atom. The number of anilines is 1. The second-order valence-corrected chi connectivity index (χ2v) is 4.62. The highest BCUT2D eigenvalue weighted by atomic mass is 35.5. The minimum atomic E-state index is 0. The van der Waals surface area contributed by atoms with Crippen molar-refractivity contribution < 1.29 is 0 Å². The predicted molar refractivity (Wildman–Crippen MR) is 91.5 cm³/mol. The van der Waals surface area contributed by atoms with Crippen molar-refractivity contribution in [1.82, 2.24) is 5.32 Å². The third-order valence-corrected chi connectivity index (χ3v) is 3.45. The highest BCUT2D eigenvalue weighted by Crippen LogP contribution is 2.30. The molecule has 1 N–H and O–H groups in total. The zero-order valence-electron chi connectivity index (χ0n) is 11.3. The van der Waals surface area contributed by atoms with Gasteiger partial charge in [0.05, 0.1) is 0 Å². The molecular formula is C16H20Cl2N2. The number of benzene rings is 2. The zero-order chi connectivity index (χ0) is 12.2. The number of hydrogen-bond acceptors (Lipinski definition) is 2. The molecule has 20 heavy (non-hydrogen) atoms. The van der Waals surface area contributed by atoms with Gasteiger partial charge in [0.1, 0.15) is 0 Å². The minimum Gasteiger partial charge on any atom is -0.368 e. The van der Waals surface area contributed by atoms with Gasteiger partial charge in [0.15, 0.2) is 0 Å². The molecule has 0 unspecified atom stereocenters. The van der Waals surface area contributed by atoms with Crippen LogP contribution in [0.5, 0.6) is 0 Å². The molecule has 1 aliphatic heterocycles. The summed E-state index contributed by atoms with van der Waals surface area (Å²) in [7, 11) is 0. The Balaban J connectivity index is 0.000001000. The van der Waals surface area contributed by atoms with Crippen LogP contribution < -0.4 is 10.2 Å². The van der Waals surface area contributed by atoms with Crippen molar-refractivity contribution in [3.63, 3.8) is 0 Å². The number of nitrogens with one attached hydrogen (secondary N) is 1. The first kappa shape index (κ1) is 16.8. The molecule has 0 amide bonds. The fourth-order valence-electron chi connectivity index (χ4n) is 2.52. The molecule has 0 atom stereocenters. The standard InChI is InChI=1S/C16H18N2.2ClH/c1-2-6-14(7-3-1)15-8-4-5-9-16(15)18-12-10-17-11-13-18;;/h1-9,17H,10-13H2;2*1H. The minimum absolute atomic E-state index is 0. The third kappa shape index (κ3) is 3.66. The first-order valence-corrected chi connectivity index (χ1v) is 6.55. The van der Waals surface area contributed by atoms with Crippen molar-refractivity contribution >= 4 is 30.5 Å². The molecule has 1 fully saturated rings. The van der Waals surface area contributed by atoms with E-state index in [4.69, 9.17) is 0 Å². The number of halogens is 2. The van der Waals surface area contributed by atoms with E-state index < -0.39 is 0 Å². The summed E-state index contributed by atoms with van der Waals surface area (Å²) in [6, 6.07) is 19.3. The average Bonchev–Trinajstić information content (AvgIpc) is 2.49. The first-order chi connectivity index (χ1) is 8.95. The molecule has 2 aromatic carbocycles. The van der Waals surface area contributed by atoms with Crippen molar-refractivity contribution in [2.45, 2.75) is 0 Å². The van der Waals surface area contributed by atoms with Gasteiger partial charge in [-0.25, -0.2) is 0 Å². The summed E-state index contributed by atoms with van der Waals surface area (Å²) >= 11 is 0. The van der Waals surface area contributed by atoms with E-state index in [1.54, 1.807) is 0 Å². The summed E-state index contributed by atoms with van der Waals surface area (Å²) < 4.78 is 0. The predicted octanol–water partition coefficient (Wildman–Crippen LogP) is 3.61. The molecule has 1 saturated heterocycles. The lowest BCUT2D eigenvalue weighted by Crippen LogP contribution is -2.43. The van der Waals surface area contributed by atoms with Crippen LogP contribution >= 0.6 is 24.8 Å². The number of rotatable bonds is 2. The van der Waals surface area contributed by atoms with Gasteiger partial charge in [0.2, 0.25) is 0 Å². The van der Waals surface area contributed by atoms with Crippen LogP contribution in [0.4, 0.5) is 5.69 Å². The van der Waals surface area contributed by atoms with E-state index in [0.717, 1.165) is 26.2 Å². The van der Waals surface area contributed by atoms with Crippen molar-refractivity contribution in [2.75, 3.05) is 31.1 Å². The normalized spacial score (nSPS) is 14.1. The molecule has 0 aromatic heterocycles. The van der Waals surface area contributed by atoms with Gasteiger partial charge in [-0.05, 0) is 11.6 Å². The van der Waals surface area contributed by atoms with E-state index in [9.17, 15) is 0 Å². The van der Waals surface area contributed by atoms with E-state index in [1.807, 2.05) is 0 Å². The number of piperazine rings is 1. The second-order valence-electron chi connectivity index (χ2n) is 4.62. The molecule has 1 heterocycles. The topological polar surface area (TPSA) is 15.3 Å². The van der Waals surface area contributed by atoms with E-state index in [1.165, 1.54) is 16.8 Å². The van der Waals surface area contributed by atoms with Gasteiger partial charge in [-0.1, -0.05) is 48.5 Å². The molecular weight excluding hydrogens is 291 g/mol. The van der Waals surface area contributed by atoms with Gasteiger partial charge in [-0.2, -0.15) is 0 Å². The Morgan fingerprint density at radius 2 is 1.35 bits per heavy atom. The number of nitrogens with zero attached hydrogens (tertiary/aromatic N) is 1. The quantitative estimate of drug-likeness (QED) is 0.911. The number of para-hydroxylation sites is 1. The van der Waals surface area contributed by atoms with Gasteiger partial charge >= 0.3 is 0 Å². The van der Waals surface area contributed by atoms with Gasteiger partial charge in [-0.15, -0.1) is 24.8 Å². The van der Waals surface area contributed by atoms with Crippen molar-refractivity contribution in [2.24, 2.45) is 0 Å². The maximum atomic E-state index is 3.40. The summed E-state index contributed by atoms with van der Waals surface area (Å²) in [5.74, 6) is 0. The highest BCUT2D eigenvalue weighted by molar-refractivity contribution is 5.85. The zero-order valence-corrected chi connectivity index (χ0v) is 12.9. The molecule has 0 aliphatic carbocycles. The Hall–Kier alpha value is -1.22. The molecule has 108 valence electrons. The van der Waals surface area contributed by atoms with Crippen LogP contribution in [0.1, 0.15) is 0 Å². The van der Waals surface area contributed by atoms with Gasteiger partial charge in [-0.3, -0.25) is 0 Å². The van der Waals surface area contributed by atoms with Crippen LogP contribution in [-0.4, -0.2) is 26.2 Å². The molecule has 0 radical (unpaired) electrons. The second kappa shape index (κ2) is 8.15. The average molecular weight is 311 g/mol. The summed E-state index contributed by atoms with van der Waals surface area (Å²) in [5, 5.41) is 3.40. The fourth-order valence-corrected chi connectivity index (χ4v) is 2.52. The molecule has 2 aromatic rings. The largest absolute Gasteiger partial charge is 0.368 e. The van der Waals surface area contributed by atoms with Gasteiger partial charge < -0.3 is 10.2 Å². The van der Waals surface area contributed by atoms with Gasteiger partial charge in [0.25, 0.3) is 0 Å².